The Labute approximate surface area is 131 Å². The normalized spacial score (nSPS) is 11.6. The fourth-order valence-electron chi connectivity index (χ4n) is 1.97. The smallest absolute Gasteiger partial charge is 0.251 e. The Morgan fingerprint density at radius 2 is 1.86 bits per heavy atom. The minimum absolute atomic E-state index is 0.0972. The van der Waals surface area contributed by atoms with E-state index in [4.69, 9.17) is 9.47 Å². The molecular formula is C18H21NO3. The summed E-state index contributed by atoms with van der Waals surface area (Å²) in [5.74, 6) is 1.32. The van der Waals surface area contributed by atoms with E-state index in [1.807, 2.05) is 38.1 Å². The van der Waals surface area contributed by atoms with Crippen molar-refractivity contribution in [1.82, 2.24) is 5.32 Å². The standard InChI is InChI=1S/C18H21NO3/c1-13-7-9-16(10-8-13)22-12-14(2)19-18(20)15-5-4-6-17(11-15)21-3/h4-11,14H,12H2,1-3H3,(H,19,20)/t14-/m1/s1. The van der Waals surface area contributed by atoms with Gasteiger partial charge in [0, 0.05) is 5.56 Å². The van der Waals surface area contributed by atoms with Gasteiger partial charge < -0.3 is 14.8 Å². The lowest BCUT2D eigenvalue weighted by Gasteiger charge is -2.15. The van der Waals surface area contributed by atoms with Gasteiger partial charge >= 0.3 is 0 Å². The Balaban J connectivity index is 1.86. The van der Waals surface area contributed by atoms with Crippen LogP contribution in [0.3, 0.4) is 0 Å². The van der Waals surface area contributed by atoms with Crippen LogP contribution in [-0.2, 0) is 0 Å². The number of rotatable bonds is 6. The van der Waals surface area contributed by atoms with Crippen LogP contribution in [0.4, 0.5) is 0 Å². The lowest BCUT2D eigenvalue weighted by atomic mass is 10.2. The van der Waals surface area contributed by atoms with Crippen molar-refractivity contribution in [2.45, 2.75) is 19.9 Å². The van der Waals surface area contributed by atoms with Crippen molar-refractivity contribution in [3.8, 4) is 11.5 Å². The number of carbonyl (C=O) groups is 1. The van der Waals surface area contributed by atoms with E-state index in [2.05, 4.69) is 5.32 Å². The highest BCUT2D eigenvalue weighted by Crippen LogP contribution is 2.13. The van der Waals surface area contributed by atoms with Crippen molar-refractivity contribution in [2.75, 3.05) is 13.7 Å². The molecule has 0 aliphatic rings. The van der Waals surface area contributed by atoms with Crippen LogP contribution in [0, 0.1) is 6.92 Å². The Morgan fingerprint density at radius 3 is 2.55 bits per heavy atom. The molecule has 1 N–H and O–H groups in total. The van der Waals surface area contributed by atoms with E-state index >= 15 is 0 Å². The van der Waals surface area contributed by atoms with Gasteiger partial charge in [-0.2, -0.15) is 0 Å². The van der Waals surface area contributed by atoms with Crippen molar-refractivity contribution in [1.29, 1.82) is 0 Å². The van der Waals surface area contributed by atoms with E-state index < -0.39 is 0 Å². The Bertz CT molecular complexity index is 622. The molecule has 2 rings (SSSR count). The number of hydrogen-bond acceptors (Lipinski definition) is 3. The second-order valence-corrected chi connectivity index (χ2v) is 5.23. The molecule has 0 aliphatic heterocycles. The maximum atomic E-state index is 12.2. The summed E-state index contributed by atoms with van der Waals surface area (Å²) in [5, 5.41) is 2.91. The predicted octanol–water partition coefficient (Wildman–Crippen LogP) is 3.20. The maximum absolute atomic E-state index is 12.2. The summed E-state index contributed by atoms with van der Waals surface area (Å²) < 4.78 is 10.8. The van der Waals surface area contributed by atoms with E-state index in [1.165, 1.54) is 5.56 Å². The molecule has 2 aromatic carbocycles. The van der Waals surface area contributed by atoms with E-state index in [-0.39, 0.29) is 11.9 Å². The number of aryl methyl sites for hydroxylation is 1. The zero-order chi connectivity index (χ0) is 15.9. The lowest BCUT2D eigenvalue weighted by molar-refractivity contribution is 0.0926. The van der Waals surface area contributed by atoms with Gasteiger partial charge in [-0.25, -0.2) is 0 Å². The number of benzene rings is 2. The number of ether oxygens (including phenoxy) is 2. The van der Waals surface area contributed by atoms with Crippen LogP contribution in [0.2, 0.25) is 0 Å². The van der Waals surface area contributed by atoms with Gasteiger partial charge in [0.2, 0.25) is 0 Å². The minimum Gasteiger partial charge on any atom is -0.497 e. The summed E-state index contributed by atoms with van der Waals surface area (Å²) in [6.45, 7) is 4.35. The molecule has 116 valence electrons. The van der Waals surface area contributed by atoms with Gasteiger partial charge in [-0.1, -0.05) is 23.8 Å². The van der Waals surface area contributed by atoms with Crippen molar-refractivity contribution in [2.24, 2.45) is 0 Å². The van der Waals surface area contributed by atoms with Gasteiger partial charge in [-0.3, -0.25) is 4.79 Å². The minimum atomic E-state index is -0.140. The van der Waals surface area contributed by atoms with Crippen LogP contribution in [-0.4, -0.2) is 25.7 Å². The second-order valence-electron chi connectivity index (χ2n) is 5.23. The van der Waals surface area contributed by atoms with Crippen molar-refractivity contribution in [3.63, 3.8) is 0 Å². The molecule has 0 unspecified atom stereocenters. The van der Waals surface area contributed by atoms with Crippen LogP contribution in [0.15, 0.2) is 48.5 Å². The molecule has 0 saturated carbocycles. The van der Waals surface area contributed by atoms with Crippen molar-refractivity contribution in [3.05, 3.63) is 59.7 Å². The molecule has 4 heteroatoms. The molecule has 0 bridgehead atoms. The van der Waals surface area contributed by atoms with E-state index in [1.54, 1.807) is 31.4 Å². The number of nitrogens with one attached hydrogen (secondary N) is 1. The van der Waals surface area contributed by atoms with Gasteiger partial charge in [-0.05, 0) is 44.2 Å². The second kappa shape index (κ2) is 7.50. The summed E-state index contributed by atoms with van der Waals surface area (Å²) in [6, 6.07) is 14.8. The highest BCUT2D eigenvalue weighted by Gasteiger charge is 2.11. The van der Waals surface area contributed by atoms with Crippen LogP contribution >= 0.6 is 0 Å². The summed E-state index contributed by atoms with van der Waals surface area (Å²) in [4.78, 5) is 12.2. The Hall–Kier alpha value is -2.49. The van der Waals surface area contributed by atoms with Crippen LogP contribution in [0.25, 0.3) is 0 Å². The van der Waals surface area contributed by atoms with E-state index in [0.29, 0.717) is 17.9 Å². The van der Waals surface area contributed by atoms with Gasteiger partial charge in [0.05, 0.1) is 13.2 Å². The fraction of sp³-hybridized carbons (Fsp3) is 0.278. The summed E-state index contributed by atoms with van der Waals surface area (Å²) in [7, 11) is 1.58. The van der Waals surface area contributed by atoms with Crippen LogP contribution < -0.4 is 14.8 Å². The monoisotopic (exact) mass is 299 g/mol. The molecule has 0 saturated heterocycles. The molecular weight excluding hydrogens is 278 g/mol. The zero-order valence-corrected chi connectivity index (χ0v) is 13.1. The summed E-state index contributed by atoms with van der Waals surface area (Å²) >= 11 is 0. The number of carbonyl (C=O) groups excluding carboxylic acids is 1. The molecule has 0 fully saturated rings. The first-order valence-electron chi connectivity index (χ1n) is 7.23. The van der Waals surface area contributed by atoms with Gasteiger partial charge in [-0.15, -0.1) is 0 Å². The fourth-order valence-corrected chi connectivity index (χ4v) is 1.97. The topological polar surface area (TPSA) is 47.6 Å². The molecule has 1 amide bonds. The number of amides is 1. The number of methoxy groups -OCH3 is 1. The molecule has 0 aromatic heterocycles. The highest BCUT2D eigenvalue weighted by atomic mass is 16.5. The third-order valence-electron chi connectivity index (χ3n) is 3.23. The molecule has 22 heavy (non-hydrogen) atoms. The molecule has 0 spiro atoms. The number of hydrogen-bond donors (Lipinski definition) is 1. The largest absolute Gasteiger partial charge is 0.497 e. The SMILES string of the molecule is COc1cccc(C(=O)N[C@H](C)COc2ccc(C)cc2)c1. The van der Waals surface area contributed by atoms with Gasteiger partial charge in [0.1, 0.15) is 18.1 Å². The van der Waals surface area contributed by atoms with E-state index in [9.17, 15) is 4.79 Å². The summed E-state index contributed by atoms with van der Waals surface area (Å²) in [6.07, 6.45) is 0. The zero-order valence-electron chi connectivity index (χ0n) is 13.1. The third-order valence-corrected chi connectivity index (χ3v) is 3.23. The average molecular weight is 299 g/mol. The molecule has 0 aliphatic carbocycles. The third kappa shape index (κ3) is 4.52. The molecule has 0 heterocycles. The highest BCUT2D eigenvalue weighted by molar-refractivity contribution is 5.94. The quantitative estimate of drug-likeness (QED) is 0.891. The molecule has 0 radical (unpaired) electrons. The summed E-state index contributed by atoms with van der Waals surface area (Å²) in [5.41, 5.74) is 1.76. The van der Waals surface area contributed by atoms with Gasteiger partial charge in [0.15, 0.2) is 0 Å². The van der Waals surface area contributed by atoms with Crippen LogP contribution in [0.1, 0.15) is 22.8 Å². The first kappa shape index (κ1) is 15.9. The van der Waals surface area contributed by atoms with Crippen molar-refractivity contribution >= 4 is 5.91 Å². The molecule has 1 atom stereocenters. The first-order valence-corrected chi connectivity index (χ1v) is 7.23. The first-order chi connectivity index (χ1) is 10.6. The maximum Gasteiger partial charge on any atom is 0.251 e. The van der Waals surface area contributed by atoms with Crippen molar-refractivity contribution < 1.29 is 14.3 Å². The lowest BCUT2D eigenvalue weighted by Crippen LogP contribution is -2.36. The molecule has 2 aromatic rings. The Morgan fingerprint density at radius 1 is 1.14 bits per heavy atom. The predicted molar refractivity (Wildman–Crippen MR) is 86.6 cm³/mol. The molecule has 4 nitrogen and oxygen atoms in total. The van der Waals surface area contributed by atoms with Gasteiger partial charge in [0.25, 0.3) is 5.91 Å². The van der Waals surface area contributed by atoms with E-state index in [0.717, 1.165) is 5.75 Å². The average Bonchev–Trinajstić information content (AvgIpc) is 2.54. The Kier molecular flexibility index (Phi) is 5.42. The van der Waals surface area contributed by atoms with Crippen LogP contribution in [0.5, 0.6) is 11.5 Å².